The predicted octanol–water partition coefficient (Wildman–Crippen LogP) is 3.95. The van der Waals surface area contributed by atoms with Crippen molar-refractivity contribution in [1.29, 1.82) is 0 Å². The van der Waals surface area contributed by atoms with E-state index >= 15 is 0 Å². The van der Waals surface area contributed by atoms with Crippen molar-refractivity contribution < 1.29 is 23.8 Å². The Labute approximate surface area is 148 Å². The largest absolute Gasteiger partial charge is 0.618 e. The summed E-state index contributed by atoms with van der Waals surface area (Å²) in [7, 11) is 0. The molecule has 0 aliphatic carbocycles. The zero-order valence-electron chi connectivity index (χ0n) is 15.9. The first-order chi connectivity index (χ1) is 11.3. The second-order valence-electron chi connectivity index (χ2n) is 7.56. The van der Waals surface area contributed by atoms with Crippen LogP contribution in [0.3, 0.4) is 0 Å². The van der Waals surface area contributed by atoms with Gasteiger partial charge in [-0.05, 0) is 54.0 Å². The van der Waals surface area contributed by atoms with E-state index < -0.39 is 23.4 Å². The number of aryl methyl sites for hydroxylation is 1. The number of hydrogen-bond donors (Lipinski definition) is 0. The standard InChI is InChI=1S/C18H26N2O5/c1-9-13-14(12(2)10-11-19(13)23)20(15(21)24-17(3,4)5)16(22)25-18(6,7)8/h9-11H,1H2,2-8H3. The summed E-state index contributed by atoms with van der Waals surface area (Å²) in [6.45, 7) is 15.3. The van der Waals surface area contributed by atoms with Crippen LogP contribution >= 0.6 is 0 Å². The van der Waals surface area contributed by atoms with Crippen molar-refractivity contribution in [2.24, 2.45) is 0 Å². The van der Waals surface area contributed by atoms with Gasteiger partial charge in [-0.1, -0.05) is 6.58 Å². The van der Waals surface area contributed by atoms with Crippen molar-refractivity contribution >= 4 is 23.9 Å². The van der Waals surface area contributed by atoms with Crippen LogP contribution in [0.4, 0.5) is 15.3 Å². The number of ether oxygens (including phenoxy) is 2. The third-order valence-corrected chi connectivity index (χ3v) is 2.88. The van der Waals surface area contributed by atoms with Crippen LogP contribution in [-0.2, 0) is 9.47 Å². The second-order valence-corrected chi connectivity index (χ2v) is 7.56. The van der Waals surface area contributed by atoms with Gasteiger partial charge in [0.25, 0.3) is 0 Å². The zero-order valence-corrected chi connectivity index (χ0v) is 15.9. The fourth-order valence-corrected chi connectivity index (χ4v) is 1.99. The van der Waals surface area contributed by atoms with Gasteiger partial charge in [0, 0.05) is 12.1 Å². The Balaban J connectivity index is 3.52. The number of pyridine rings is 1. The first-order valence-electron chi connectivity index (χ1n) is 7.88. The third kappa shape index (κ3) is 5.48. The van der Waals surface area contributed by atoms with E-state index in [4.69, 9.17) is 9.47 Å². The van der Waals surface area contributed by atoms with Gasteiger partial charge < -0.3 is 14.7 Å². The summed E-state index contributed by atoms with van der Waals surface area (Å²) in [4.78, 5) is 26.1. The molecule has 0 spiro atoms. The first-order valence-corrected chi connectivity index (χ1v) is 7.88. The Bertz CT molecular complexity index is 656. The maximum Gasteiger partial charge on any atom is 0.424 e. The molecule has 0 saturated heterocycles. The summed E-state index contributed by atoms with van der Waals surface area (Å²) in [6, 6.07) is 1.50. The van der Waals surface area contributed by atoms with Gasteiger partial charge in [0.15, 0.2) is 6.20 Å². The molecule has 1 aromatic rings. The lowest BCUT2D eigenvalue weighted by atomic mass is 10.1. The molecule has 138 valence electrons. The van der Waals surface area contributed by atoms with Crippen molar-refractivity contribution in [2.45, 2.75) is 59.7 Å². The van der Waals surface area contributed by atoms with Crippen LogP contribution in [0.1, 0.15) is 52.8 Å². The van der Waals surface area contributed by atoms with E-state index in [1.807, 2.05) is 0 Å². The van der Waals surface area contributed by atoms with Crippen LogP contribution in [-0.4, -0.2) is 23.4 Å². The van der Waals surface area contributed by atoms with Crippen molar-refractivity contribution in [2.75, 3.05) is 4.90 Å². The number of amides is 2. The van der Waals surface area contributed by atoms with Crippen LogP contribution in [0, 0.1) is 12.1 Å². The lowest BCUT2D eigenvalue weighted by Crippen LogP contribution is -2.46. The molecule has 0 atom stereocenters. The minimum Gasteiger partial charge on any atom is -0.618 e. The summed E-state index contributed by atoms with van der Waals surface area (Å²) in [5.41, 5.74) is -1.00. The molecule has 1 aromatic heterocycles. The van der Waals surface area contributed by atoms with E-state index in [2.05, 4.69) is 6.58 Å². The molecule has 0 aliphatic rings. The van der Waals surface area contributed by atoms with Crippen LogP contribution in [0.15, 0.2) is 18.8 Å². The molecule has 0 unspecified atom stereocenters. The maximum absolute atomic E-state index is 12.7. The number of rotatable bonds is 2. The van der Waals surface area contributed by atoms with E-state index in [0.29, 0.717) is 10.3 Å². The molecular formula is C18H26N2O5. The molecule has 0 radical (unpaired) electrons. The van der Waals surface area contributed by atoms with Crippen molar-refractivity contribution in [3.05, 3.63) is 35.3 Å². The minimum absolute atomic E-state index is 0.0525. The molecule has 1 heterocycles. The van der Waals surface area contributed by atoms with E-state index in [0.717, 1.165) is 4.90 Å². The molecule has 0 aliphatic heterocycles. The predicted molar refractivity (Wildman–Crippen MR) is 95.2 cm³/mol. The van der Waals surface area contributed by atoms with Gasteiger partial charge in [-0.25, -0.2) is 9.59 Å². The Hall–Kier alpha value is -2.57. The molecule has 25 heavy (non-hydrogen) atoms. The summed E-state index contributed by atoms with van der Waals surface area (Å²) >= 11 is 0. The van der Waals surface area contributed by atoms with Crippen LogP contribution < -0.4 is 9.63 Å². The van der Waals surface area contributed by atoms with E-state index in [9.17, 15) is 14.8 Å². The number of anilines is 1. The lowest BCUT2D eigenvalue weighted by Gasteiger charge is -2.29. The third-order valence-electron chi connectivity index (χ3n) is 2.88. The monoisotopic (exact) mass is 350 g/mol. The highest BCUT2D eigenvalue weighted by Gasteiger charge is 2.36. The molecule has 0 aromatic carbocycles. The fraction of sp³-hybridized carbons (Fsp3) is 0.500. The van der Waals surface area contributed by atoms with Crippen LogP contribution in [0.25, 0.3) is 6.08 Å². The highest BCUT2D eigenvalue weighted by molar-refractivity contribution is 6.11. The number of hydrogen-bond acceptors (Lipinski definition) is 5. The molecule has 7 nitrogen and oxygen atoms in total. The molecule has 2 amide bonds. The van der Waals surface area contributed by atoms with Gasteiger partial charge in [-0.15, -0.1) is 0 Å². The summed E-state index contributed by atoms with van der Waals surface area (Å²) in [5, 5.41) is 12.1. The summed E-state index contributed by atoms with van der Waals surface area (Å²) in [5.74, 6) is 0. The highest BCUT2D eigenvalue weighted by Crippen LogP contribution is 2.27. The Morgan fingerprint density at radius 2 is 1.56 bits per heavy atom. The Kier molecular flexibility index (Phi) is 5.84. The van der Waals surface area contributed by atoms with Crippen molar-refractivity contribution in [1.82, 2.24) is 0 Å². The molecular weight excluding hydrogens is 324 g/mol. The highest BCUT2D eigenvalue weighted by atomic mass is 16.6. The maximum atomic E-state index is 12.7. The Morgan fingerprint density at radius 1 is 1.12 bits per heavy atom. The van der Waals surface area contributed by atoms with Crippen LogP contribution in [0.5, 0.6) is 0 Å². The minimum atomic E-state index is -0.931. The van der Waals surface area contributed by atoms with Gasteiger partial charge in [-0.3, -0.25) is 0 Å². The first kappa shape index (κ1) is 20.5. The summed E-state index contributed by atoms with van der Waals surface area (Å²) in [6.07, 6.45) is 0.688. The van der Waals surface area contributed by atoms with Gasteiger partial charge in [0.05, 0.1) is 0 Å². The van der Waals surface area contributed by atoms with Gasteiger partial charge in [-0.2, -0.15) is 9.63 Å². The van der Waals surface area contributed by atoms with Crippen LogP contribution in [0.2, 0.25) is 0 Å². The quantitative estimate of drug-likeness (QED) is 0.596. The molecule has 0 N–H and O–H groups in total. The number of carbonyl (C=O) groups excluding carboxylic acids is 2. The second kappa shape index (κ2) is 7.13. The topological polar surface area (TPSA) is 82.8 Å². The molecule has 0 bridgehead atoms. The lowest BCUT2D eigenvalue weighted by molar-refractivity contribution is -0.606. The molecule has 0 saturated carbocycles. The van der Waals surface area contributed by atoms with Gasteiger partial charge >= 0.3 is 12.2 Å². The van der Waals surface area contributed by atoms with Crippen molar-refractivity contribution in [3.8, 4) is 0 Å². The average molecular weight is 350 g/mol. The Morgan fingerprint density at radius 3 is 1.92 bits per heavy atom. The smallest absolute Gasteiger partial charge is 0.424 e. The average Bonchev–Trinajstić information content (AvgIpc) is 2.39. The molecule has 7 heteroatoms. The van der Waals surface area contributed by atoms with E-state index in [-0.39, 0.29) is 11.4 Å². The SMILES string of the molecule is C=Cc1c(N(C(=O)OC(C)(C)C)C(=O)OC(C)(C)C)c(C)cc[n+]1[O-]. The number of aromatic nitrogens is 1. The fourth-order valence-electron chi connectivity index (χ4n) is 1.99. The molecule has 0 fully saturated rings. The summed E-state index contributed by atoms with van der Waals surface area (Å²) < 4.78 is 11.2. The van der Waals surface area contributed by atoms with Gasteiger partial charge in [0.2, 0.25) is 5.69 Å². The van der Waals surface area contributed by atoms with E-state index in [1.54, 1.807) is 48.5 Å². The number of carbonyl (C=O) groups is 2. The normalized spacial score (nSPS) is 11.6. The number of imide groups is 1. The van der Waals surface area contributed by atoms with E-state index in [1.165, 1.54) is 18.3 Å². The number of nitrogens with zero attached hydrogens (tertiary/aromatic N) is 2. The van der Waals surface area contributed by atoms with Gasteiger partial charge in [0.1, 0.15) is 16.9 Å². The van der Waals surface area contributed by atoms with Crippen molar-refractivity contribution in [3.63, 3.8) is 0 Å². The molecule has 1 rings (SSSR count). The zero-order chi connectivity index (χ0) is 19.6.